The van der Waals surface area contributed by atoms with Crippen LogP contribution in [0.1, 0.15) is 22.3 Å². The van der Waals surface area contributed by atoms with E-state index in [-0.39, 0.29) is 0 Å². The van der Waals surface area contributed by atoms with Crippen molar-refractivity contribution >= 4 is 46.1 Å². The van der Waals surface area contributed by atoms with Gasteiger partial charge in [0, 0.05) is 16.5 Å². The van der Waals surface area contributed by atoms with Gasteiger partial charge in [-0.2, -0.15) is 0 Å². The number of fused-ring (bicyclic) bond motifs is 3. The van der Waals surface area contributed by atoms with Crippen LogP contribution in [-0.4, -0.2) is 4.57 Å². The van der Waals surface area contributed by atoms with Gasteiger partial charge < -0.3 is 4.57 Å². The first kappa shape index (κ1) is 20.5. The van der Waals surface area contributed by atoms with Crippen LogP contribution in [0.3, 0.4) is 0 Å². The Hall–Kier alpha value is -4.36. The summed E-state index contributed by atoms with van der Waals surface area (Å²) in [5.74, 6) is 0. The van der Waals surface area contributed by atoms with Gasteiger partial charge in [0.2, 0.25) is 0 Å². The molecule has 0 saturated carbocycles. The van der Waals surface area contributed by atoms with Crippen LogP contribution < -0.4 is 0 Å². The van der Waals surface area contributed by atoms with Crippen molar-refractivity contribution in [2.24, 2.45) is 0 Å². The van der Waals surface area contributed by atoms with E-state index < -0.39 is 0 Å². The van der Waals surface area contributed by atoms with E-state index in [0.717, 1.165) is 39.1 Å². The summed E-state index contributed by atoms with van der Waals surface area (Å²) >= 11 is 0. The van der Waals surface area contributed by atoms with E-state index in [0.29, 0.717) is 0 Å². The highest BCUT2D eigenvalue weighted by atomic mass is 15.0. The lowest BCUT2D eigenvalue weighted by molar-refractivity contribution is 1.18. The molecule has 0 amide bonds. The van der Waals surface area contributed by atoms with Gasteiger partial charge in [-0.15, -0.1) is 0 Å². The van der Waals surface area contributed by atoms with Crippen molar-refractivity contribution in [3.8, 4) is 16.8 Å². The van der Waals surface area contributed by atoms with Crippen LogP contribution in [0.2, 0.25) is 0 Å². The van der Waals surface area contributed by atoms with Gasteiger partial charge in [-0.3, -0.25) is 0 Å². The number of hydrogen-bond donors (Lipinski definition) is 0. The maximum absolute atomic E-state index is 4.07. The lowest BCUT2D eigenvalue weighted by atomic mass is 9.87. The molecule has 0 aliphatic carbocycles. The smallest absolute Gasteiger partial charge is 0.0541 e. The molecule has 1 heterocycles. The predicted octanol–water partition coefficient (Wildman–Crippen LogP) is 9.02. The third-order valence-electron chi connectivity index (χ3n) is 6.31. The zero-order valence-corrected chi connectivity index (χ0v) is 18.6. The van der Waals surface area contributed by atoms with E-state index in [2.05, 4.69) is 110 Å². The van der Waals surface area contributed by atoms with Gasteiger partial charge in [-0.05, 0) is 63.7 Å². The molecular weight excluding hydrogens is 398 g/mol. The molecule has 1 nitrogen and oxygen atoms in total. The Kier molecular flexibility index (Phi) is 5.16. The van der Waals surface area contributed by atoms with Gasteiger partial charge in [0.15, 0.2) is 0 Å². The van der Waals surface area contributed by atoms with E-state index in [4.69, 9.17) is 0 Å². The van der Waals surface area contributed by atoms with Crippen molar-refractivity contribution in [3.05, 3.63) is 127 Å². The topological polar surface area (TPSA) is 4.93 Å². The first-order valence-corrected chi connectivity index (χ1v) is 11.0. The third-order valence-corrected chi connectivity index (χ3v) is 6.31. The normalized spacial score (nSPS) is 10.9. The monoisotopic (exact) mass is 423 g/mol. The largest absolute Gasteiger partial charge is 0.309 e. The van der Waals surface area contributed by atoms with Gasteiger partial charge in [0.25, 0.3) is 0 Å². The van der Waals surface area contributed by atoms with Crippen molar-refractivity contribution < 1.29 is 0 Å². The number of para-hydroxylation sites is 2. The average Bonchev–Trinajstić information content (AvgIpc) is 3.21. The van der Waals surface area contributed by atoms with Gasteiger partial charge in [-0.25, -0.2) is 0 Å². The van der Waals surface area contributed by atoms with Crippen LogP contribution >= 0.6 is 0 Å². The Labute approximate surface area is 194 Å². The summed E-state index contributed by atoms with van der Waals surface area (Å²) < 4.78 is 2.33. The molecule has 5 aromatic rings. The molecule has 0 fully saturated rings. The quantitative estimate of drug-likeness (QED) is 0.257. The van der Waals surface area contributed by atoms with Crippen molar-refractivity contribution in [2.75, 3.05) is 0 Å². The van der Waals surface area contributed by atoms with Crippen molar-refractivity contribution in [3.63, 3.8) is 0 Å². The van der Waals surface area contributed by atoms with Gasteiger partial charge >= 0.3 is 0 Å². The standard InChI is InChI=1S/C32H25N/c1-5-22-21-23(6-2)27(8-4)32(26(22)7-3)24-17-19-25(20-18-24)33-30-15-11-9-13-28(30)29-14-10-12-16-31(29)33/h5-21H,1-4H2. The summed E-state index contributed by atoms with van der Waals surface area (Å²) in [4.78, 5) is 0. The number of hydrogen-bond acceptors (Lipinski definition) is 0. The molecule has 0 spiro atoms. The molecule has 1 heteroatoms. The molecule has 0 N–H and O–H groups in total. The zero-order chi connectivity index (χ0) is 22.9. The van der Waals surface area contributed by atoms with Crippen molar-refractivity contribution in [2.45, 2.75) is 0 Å². The van der Waals surface area contributed by atoms with Crippen molar-refractivity contribution in [1.82, 2.24) is 4.57 Å². The molecule has 33 heavy (non-hydrogen) atoms. The SMILES string of the molecule is C=Cc1cc(C=C)c(C=C)c(-c2ccc(-n3c4ccccc4c4ccccc43)cc2)c1C=C. The van der Waals surface area contributed by atoms with E-state index in [1.165, 1.54) is 21.8 Å². The van der Waals surface area contributed by atoms with E-state index >= 15 is 0 Å². The molecule has 158 valence electrons. The first-order chi connectivity index (χ1) is 16.2. The zero-order valence-electron chi connectivity index (χ0n) is 18.6. The minimum absolute atomic E-state index is 1.03. The highest BCUT2D eigenvalue weighted by Gasteiger charge is 2.15. The molecule has 0 radical (unpaired) electrons. The summed E-state index contributed by atoms with van der Waals surface area (Å²) in [6.07, 6.45) is 7.53. The fourth-order valence-electron chi connectivity index (χ4n) is 4.82. The van der Waals surface area contributed by atoms with Gasteiger partial charge in [0.1, 0.15) is 0 Å². The lowest BCUT2D eigenvalue weighted by Gasteiger charge is -2.17. The number of nitrogens with zero attached hydrogens (tertiary/aromatic N) is 1. The molecule has 1 aromatic heterocycles. The Bertz CT molecular complexity index is 1470. The molecule has 0 unspecified atom stereocenters. The molecule has 0 saturated heterocycles. The van der Waals surface area contributed by atoms with Gasteiger partial charge in [-0.1, -0.05) is 99.2 Å². The molecule has 0 atom stereocenters. The van der Waals surface area contributed by atoms with E-state index in [1.54, 1.807) is 0 Å². The third kappa shape index (κ3) is 3.18. The summed E-state index contributed by atoms with van der Waals surface area (Å²) in [6, 6.07) is 27.9. The lowest BCUT2D eigenvalue weighted by Crippen LogP contribution is -1.97. The Morgan fingerprint density at radius 1 is 0.545 bits per heavy atom. The fourth-order valence-corrected chi connectivity index (χ4v) is 4.82. The number of rotatable bonds is 6. The minimum Gasteiger partial charge on any atom is -0.309 e. The second kappa shape index (κ2) is 8.29. The maximum atomic E-state index is 4.07. The summed E-state index contributed by atoms with van der Waals surface area (Å²) in [5.41, 5.74) is 9.90. The van der Waals surface area contributed by atoms with Crippen molar-refractivity contribution in [1.29, 1.82) is 0 Å². The maximum Gasteiger partial charge on any atom is 0.0541 e. The molecule has 5 rings (SSSR count). The average molecular weight is 424 g/mol. The van der Waals surface area contributed by atoms with Crippen LogP contribution in [-0.2, 0) is 0 Å². The van der Waals surface area contributed by atoms with Crippen LogP contribution in [0.15, 0.2) is 105 Å². The van der Waals surface area contributed by atoms with E-state index in [1.807, 2.05) is 24.3 Å². The molecular formula is C32H25N. The predicted molar refractivity (Wildman–Crippen MR) is 147 cm³/mol. The number of aromatic nitrogens is 1. The Morgan fingerprint density at radius 2 is 1.03 bits per heavy atom. The Balaban J connectivity index is 1.75. The number of benzene rings is 4. The Morgan fingerprint density at radius 3 is 1.48 bits per heavy atom. The second-order valence-electron chi connectivity index (χ2n) is 7.99. The summed E-state index contributed by atoms with van der Waals surface area (Å²) in [7, 11) is 0. The van der Waals surface area contributed by atoms with Crippen LogP contribution in [0, 0.1) is 0 Å². The van der Waals surface area contributed by atoms with E-state index in [9.17, 15) is 0 Å². The first-order valence-electron chi connectivity index (χ1n) is 11.0. The van der Waals surface area contributed by atoms with Crippen LogP contribution in [0.25, 0.3) is 62.9 Å². The summed E-state index contributed by atoms with van der Waals surface area (Å²) in [6.45, 7) is 16.1. The summed E-state index contributed by atoms with van der Waals surface area (Å²) in [5, 5.41) is 2.52. The highest BCUT2D eigenvalue weighted by molar-refractivity contribution is 6.09. The molecule has 0 aliphatic heterocycles. The fraction of sp³-hybridized carbons (Fsp3) is 0. The highest BCUT2D eigenvalue weighted by Crippen LogP contribution is 2.37. The van der Waals surface area contributed by atoms with Gasteiger partial charge in [0.05, 0.1) is 11.0 Å². The second-order valence-corrected chi connectivity index (χ2v) is 7.99. The van der Waals surface area contributed by atoms with Crippen LogP contribution in [0.5, 0.6) is 0 Å². The molecule has 0 aliphatic rings. The minimum atomic E-state index is 1.03. The molecule has 0 bridgehead atoms. The van der Waals surface area contributed by atoms with Crippen LogP contribution in [0.4, 0.5) is 0 Å². The molecule has 4 aromatic carbocycles.